The Morgan fingerprint density at radius 3 is 2.31 bits per heavy atom. The zero-order valence-electron chi connectivity index (χ0n) is 9.65. The third-order valence-corrected chi connectivity index (χ3v) is 2.91. The third kappa shape index (κ3) is 1.94. The molecular weight excluding hydrogens is 215 g/mol. The number of rotatable bonds is 3. The lowest BCUT2D eigenvalue weighted by atomic mass is 9.84. The van der Waals surface area contributed by atoms with Gasteiger partial charge in [0.05, 0.1) is 5.56 Å². The van der Waals surface area contributed by atoms with Gasteiger partial charge in [-0.1, -0.05) is 19.9 Å². The molecule has 0 heterocycles. The summed E-state index contributed by atoms with van der Waals surface area (Å²) in [4.78, 5) is 0. The van der Waals surface area contributed by atoms with Crippen LogP contribution in [0.25, 0.3) is 0 Å². The van der Waals surface area contributed by atoms with Crippen molar-refractivity contribution in [1.29, 1.82) is 0 Å². The smallest absolute Gasteiger partial charge is 0.156 e. The van der Waals surface area contributed by atoms with Crippen molar-refractivity contribution in [2.24, 2.45) is 11.7 Å². The summed E-state index contributed by atoms with van der Waals surface area (Å²) in [5, 5.41) is 0. The quantitative estimate of drug-likeness (QED) is 0.850. The van der Waals surface area contributed by atoms with Crippen LogP contribution in [0.5, 0.6) is 0 Å². The first-order valence-electron chi connectivity index (χ1n) is 5.18. The first-order valence-corrected chi connectivity index (χ1v) is 5.18. The highest BCUT2D eigenvalue weighted by molar-refractivity contribution is 5.32. The Hall–Kier alpha value is -1.03. The summed E-state index contributed by atoms with van der Waals surface area (Å²) < 4.78 is 41.8. The average molecular weight is 231 g/mol. The molecule has 0 spiro atoms. The Balaban J connectivity index is 3.47. The maximum atomic E-state index is 14.5. The first kappa shape index (κ1) is 13.0. The minimum atomic E-state index is -2.17. The van der Waals surface area contributed by atoms with Crippen molar-refractivity contribution in [2.45, 2.75) is 26.4 Å². The maximum Gasteiger partial charge on any atom is 0.156 e. The van der Waals surface area contributed by atoms with Crippen molar-refractivity contribution in [3.05, 3.63) is 34.9 Å². The molecule has 0 aliphatic heterocycles. The molecule has 0 fully saturated rings. The van der Waals surface area contributed by atoms with Crippen LogP contribution in [0.15, 0.2) is 12.1 Å². The van der Waals surface area contributed by atoms with E-state index in [1.807, 2.05) is 0 Å². The van der Waals surface area contributed by atoms with Gasteiger partial charge in [0, 0.05) is 6.54 Å². The topological polar surface area (TPSA) is 26.0 Å². The molecule has 1 unspecified atom stereocenters. The summed E-state index contributed by atoms with van der Waals surface area (Å²) in [6, 6.07) is 2.35. The van der Waals surface area contributed by atoms with Crippen LogP contribution >= 0.6 is 0 Å². The summed E-state index contributed by atoms with van der Waals surface area (Å²) in [7, 11) is 0. The number of hydrogen-bond acceptors (Lipinski definition) is 1. The maximum absolute atomic E-state index is 14.5. The molecule has 1 nitrogen and oxygen atoms in total. The van der Waals surface area contributed by atoms with Gasteiger partial charge in [0.15, 0.2) is 5.67 Å². The second-order valence-electron chi connectivity index (χ2n) is 4.27. The minimum Gasteiger partial charge on any atom is -0.327 e. The number of halogens is 3. The summed E-state index contributed by atoms with van der Waals surface area (Å²) in [5.41, 5.74) is 2.82. The molecule has 0 aromatic heterocycles. The van der Waals surface area contributed by atoms with E-state index >= 15 is 0 Å². The second kappa shape index (κ2) is 4.45. The summed E-state index contributed by atoms with van der Waals surface area (Å²) in [6.07, 6.45) is 0. The Morgan fingerprint density at radius 1 is 1.31 bits per heavy atom. The van der Waals surface area contributed by atoms with Crippen LogP contribution in [0.3, 0.4) is 0 Å². The predicted octanol–water partition coefficient (Wildman–Crippen LogP) is 3.05. The van der Waals surface area contributed by atoms with Crippen LogP contribution in [-0.4, -0.2) is 6.54 Å². The lowest BCUT2D eigenvalue weighted by Gasteiger charge is -2.29. The lowest BCUT2D eigenvalue weighted by molar-refractivity contribution is 0.0988. The van der Waals surface area contributed by atoms with E-state index in [4.69, 9.17) is 5.73 Å². The van der Waals surface area contributed by atoms with E-state index in [-0.39, 0.29) is 5.56 Å². The molecule has 90 valence electrons. The van der Waals surface area contributed by atoms with E-state index in [1.165, 1.54) is 13.0 Å². The number of alkyl halides is 1. The normalized spacial score (nSPS) is 15.2. The molecule has 1 aromatic rings. The van der Waals surface area contributed by atoms with Gasteiger partial charge in [-0.05, 0) is 24.5 Å². The molecule has 0 bridgehead atoms. The Morgan fingerprint density at radius 2 is 1.88 bits per heavy atom. The third-order valence-electron chi connectivity index (χ3n) is 2.91. The monoisotopic (exact) mass is 231 g/mol. The fourth-order valence-electron chi connectivity index (χ4n) is 1.66. The number of aryl methyl sites for hydroxylation is 1. The van der Waals surface area contributed by atoms with Gasteiger partial charge >= 0.3 is 0 Å². The standard InChI is InChI=1S/C12H16F3N/c1-7(2)12(15,6-16)10-9(13)5-4-8(3)11(10)14/h4-5,7H,6,16H2,1-3H3. The molecule has 0 saturated carbocycles. The SMILES string of the molecule is Cc1ccc(F)c(C(F)(CN)C(C)C)c1F. The van der Waals surface area contributed by atoms with E-state index in [2.05, 4.69) is 0 Å². The van der Waals surface area contributed by atoms with Crippen LogP contribution in [0.1, 0.15) is 25.0 Å². The molecule has 16 heavy (non-hydrogen) atoms. The summed E-state index contributed by atoms with van der Waals surface area (Å²) >= 11 is 0. The number of hydrogen-bond donors (Lipinski definition) is 1. The van der Waals surface area contributed by atoms with Crippen LogP contribution in [-0.2, 0) is 5.67 Å². The zero-order chi connectivity index (χ0) is 12.5. The highest BCUT2D eigenvalue weighted by Crippen LogP contribution is 2.37. The molecule has 0 radical (unpaired) electrons. The molecular formula is C12H16F3N. The molecule has 0 saturated heterocycles. The highest BCUT2D eigenvalue weighted by atomic mass is 19.2. The molecule has 1 atom stereocenters. The molecule has 0 amide bonds. The van der Waals surface area contributed by atoms with Crippen LogP contribution in [0, 0.1) is 24.5 Å². The van der Waals surface area contributed by atoms with Gasteiger partial charge in [-0.3, -0.25) is 0 Å². The van der Waals surface area contributed by atoms with Gasteiger partial charge in [-0.25, -0.2) is 13.2 Å². The van der Waals surface area contributed by atoms with Crippen molar-refractivity contribution in [1.82, 2.24) is 0 Å². The average Bonchev–Trinajstić information content (AvgIpc) is 2.23. The van der Waals surface area contributed by atoms with E-state index in [9.17, 15) is 13.2 Å². The largest absolute Gasteiger partial charge is 0.327 e. The Kier molecular flexibility index (Phi) is 3.63. The first-order chi connectivity index (χ1) is 7.34. The number of benzene rings is 1. The summed E-state index contributed by atoms with van der Waals surface area (Å²) in [6.45, 7) is 4.12. The predicted molar refractivity (Wildman–Crippen MR) is 57.8 cm³/mol. The Labute approximate surface area is 93.5 Å². The van der Waals surface area contributed by atoms with Crippen molar-refractivity contribution in [3.63, 3.8) is 0 Å². The molecule has 1 aromatic carbocycles. The van der Waals surface area contributed by atoms with Crippen LogP contribution < -0.4 is 5.73 Å². The Bertz CT molecular complexity index is 390. The highest BCUT2D eigenvalue weighted by Gasteiger charge is 2.39. The van der Waals surface area contributed by atoms with Crippen LogP contribution in [0.2, 0.25) is 0 Å². The van der Waals surface area contributed by atoms with Crippen molar-refractivity contribution in [2.75, 3.05) is 6.54 Å². The van der Waals surface area contributed by atoms with E-state index in [0.717, 1.165) is 6.07 Å². The van der Waals surface area contributed by atoms with Gasteiger partial charge in [-0.15, -0.1) is 0 Å². The van der Waals surface area contributed by atoms with E-state index in [0.29, 0.717) is 0 Å². The van der Waals surface area contributed by atoms with Crippen molar-refractivity contribution in [3.8, 4) is 0 Å². The molecule has 4 heteroatoms. The molecule has 1 rings (SSSR count). The fourth-order valence-corrected chi connectivity index (χ4v) is 1.66. The molecule has 2 N–H and O–H groups in total. The van der Waals surface area contributed by atoms with Gasteiger partial charge in [0.25, 0.3) is 0 Å². The lowest BCUT2D eigenvalue weighted by Crippen LogP contribution is -2.37. The zero-order valence-corrected chi connectivity index (χ0v) is 9.65. The van der Waals surface area contributed by atoms with Gasteiger partial charge in [0.2, 0.25) is 0 Å². The second-order valence-corrected chi connectivity index (χ2v) is 4.27. The van der Waals surface area contributed by atoms with Gasteiger partial charge in [0.1, 0.15) is 11.6 Å². The van der Waals surface area contributed by atoms with Crippen LogP contribution in [0.4, 0.5) is 13.2 Å². The fraction of sp³-hybridized carbons (Fsp3) is 0.500. The van der Waals surface area contributed by atoms with E-state index < -0.39 is 35.3 Å². The van der Waals surface area contributed by atoms with Crippen molar-refractivity contribution < 1.29 is 13.2 Å². The number of nitrogens with two attached hydrogens (primary N) is 1. The minimum absolute atomic E-state index is 0.215. The van der Waals surface area contributed by atoms with Crippen molar-refractivity contribution >= 4 is 0 Å². The van der Waals surface area contributed by atoms with Gasteiger partial charge < -0.3 is 5.73 Å². The molecule has 0 aliphatic rings. The molecule has 0 aliphatic carbocycles. The van der Waals surface area contributed by atoms with Gasteiger partial charge in [-0.2, -0.15) is 0 Å². The summed E-state index contributed by atoms with van der Waals surface area (Å²) in [5.74, 6) is -2.32. The van der Waals surface area contributed by atoms with E-state index in [1.54, 1.807) is 13.8 Å².